The molecule has 148 valence electrons. The van der Waals surface area contributed by atoms with Gasteiger partial charge in [-0.05, 0) is 43.2 Å². The van der Waals surface area contributed by atoms with E-state index in [-0.39, 0.29) is 19.8 Å². The molecule has 1 amide bonds. The van der Waals surface area contributed by atoms with Crippen LogP contribution in [0.1, 0.15) is 32.4 Å². The van der Waals surface area contributed by atoms with E-state index in [0.717, 1.165) is 10.8 Å². The summed E-state index contributed by atoms with van der Waals surface area (Å²) in [5, 5.41) is 15.3. The molecule has 0 heterocycles. The maximum absolute atomic E-state index is 13.0. The highest BCUT2D eigenvalue weighted by Gasteiger charge is 2.41. The highest BCUT2D eigenvalue weighted by molar-refractivity contribution is 7.54. The largest absolute Gasteiger partial charge is 0.450 e. The predicted molar refractivity (Wildman–Crippen MR) is 104 cm³/mol. The number of benzene rings is 2. The molecule has 0 aliphatic carbocycles. The SMILES string of the molecule is CCOC(=O)N[C@H](c1ccc2ccccc2c1)[C@H](O)P(=O)(OCC)OCC. The van der Waals surface area contributed by atoms with Crippen molar-refractivity contribution in [3.05, 3.63) is 48.0 Å². The van der Waals surface area contributed by atoms with Crippen molar-refractivity contribution in [3.63, 3.8) is 0 Å². The first-order chi connectivity index (χ1) is 12.9. The summed E-state index contributed by atoms with van der Waals surface area (Å²) < 4.78 is 28.5. The summed E-state index contributed by atoms with van der Waals surface area (Å²) >= 11 is 0. The van der Waals surface area contributed by atoms with Crippen LogP contribution in [0.2, 0.25) is 0 Å². The number of nitrogens with one attached hydrogen (secondary N) is 1. The molecule has 8 heteroatoms. The number of carbonyl (C=O) groups is 1. The number of hydrogen-bond donors (Lipinski definition) is 2. The van der Waals surface area contributed by atoms with E-state index in [4.69, 9.17) is 13.8 Å². The smallest absolute Gasteiger partial charge is 0.407 e. The number of aliphatic hydroxyl groups is 1. The minimum atomic E-state index is -3.88. The van der Waals surface area contributed by atoms with Gasteiger partial charge in [0.2, 0.25) is 0 Å². The van der Waals surface area contributed by atoms with Gasteiger partial charge >= 0.3 is 13.7 Å². The first kappa shape index (κ1) is 21.4. The van der Waals surface area contributed by atoms with Gasteiger partial charge in [0.1, 0.15) is 0 Å². The van der Waals surface area contributed by atoms with Gasteiger partial charge in [0.15, 0.2) is 5.85 Å². The Labute approximate surface area is 159 Å². The van der Waals surface area contributed by atoms with Gasteiger partial charge in [0.25, 0.3) is 0 Å². The molecule has 0 radical (unpaired) electrons. The van der Waals surface area contributed by atoms with Crippen LogP contribution in [0.25, 0.3) is 10.8 Å². The number of carbonyl (C=O) groups excluding carboxylic acids is 1. The molecule has 2 atom stereocenters. The summed E-state index contributed by atoms with van der Waals surface area (Å²) in [4.78, 5) is 12.0. The van der Waals surface area contributed by atoms with Crippen LogP contribution in [-0.4, -0.2) is 36.9 Å². The lowest BCUT2D eigenvalue weighted by molar-refractivity contribution is 0.111. The van der Waals surface area contributed by atoms with Crippen LogP contribution in [0.5, 0.6) is 0 Å². The van der Waals surface area contributed by atoms with Gasteiger partial charge in [0, 0.05) is 0 Å². The number of ether oxygens (including phenoxy) is 1. The zero-order valence-electron chi connectivity index (χ0n) is 15.8. The average molecular weight is 395 g/mol. The topological polar surface area (TPSA) is 94.1 Å². The molecule has 0 bridgehead atoms. The average Bonchev–Trinajstić information content (AvgIpc) is 2.66. The molecule has 0 aromatic heterocycles. The summed E-state index contributed by atoms with van der Waals surface area (Å²) in [5.41, 5.74) is 0.564. The highest BCUT2D eigenvalue weighted by Crippen LogP contribution is 2.55. The molecule has 2 aromatic carbocycles. The lowest BCUT2D eigenvalue weighted by atomic mass is 10.0. The second kappa shape index (κ2) is 9.85. The van der Waals surface area contributed by atoms with Crippen LogP contribution in [0.15, 0.2) is 42.5 Å². The van der Waals surface area contributed by atoms with E-state index in [2.05, 4.69) is 5.32 Å². The molecule has 2 N–H and O–H groups in total. The number of aliphatic hydroxyl groups excluding tert-OH is 1. The Bertz CT molecular complexity index is 802. The van der Waals surface area contributed by atoms with Gasteiger partial charge in [-0.15, -0.1) is 0 Å². The second-order valence-corrected chi connectivity index (χ2v) is 7.86. The van der Waals surface area contributed by atoms with Crippen molar-refractivity contribution in [2.45, 2.75) is 32.7 Å². The summed E-state index contributed by atoms with van der Waals surface area (Å²) in [5.74, 6) is -1.59. The van der Waals surface area contributed by atoms with Crippen LogP contribution in [-0.2, 0) is 18.3 Å². The fourth-order valence-electron chi connectivity index (χ4n) is 2.76. The third kappa shape index (κ3) is 5.30. The maximum Gasteiger partial charge on any atom is 0.407 e. The normalized spacial score (nSPS) is 13.9. The van der Waals surface area contributed by atoms with Gasteiger partial charge in [0.05, 0.1) is 25.9 Å². The Morgan fingerprint density at radius 1 is 1.04 bits per heavy atom. The molecular weight excluding hydrogens is 369 g/mol. The second-order valence-electron chi connectivity index (χ2n) is 5.74. The first-order valence-electron chi connectivity index (χ1n) is 8.94. The van der Waals surface area contributed by atoms with Crippen LogP contribution in [0.4, 0.5) is 4.79 Å². The predicted octanol–water partition coefficient (Wildman–Crippen LogP) is 4.21. The van der Waals surface area contributed by atoms with Gasteiger partial charge in [-0.3, -0.25) is 4.57 Å². The molecule has 27 heavy (non-hydrogen) atoms. The molecule has 0 saturated heterocycles. The van der Waals surface area contributed by atoms with Crippen LogP contribution in [0.3, 0.4) is 0 Å². The van der Waals surface area contributed by atoms with Crippen molar-refractivity contribution in [1.82, 2.24) is 5.32 Å². The van der Waals surface area contributed by atoms with E-state index >= 15 is 0 Å². The van der Waals surface area contributed by atoms with E-state index < -0.39 is 25.6 Å². The monoisotopic (exact) mass is 395 g/mol. The van der Waals surface area contributed by atoms with Crippen molar-refractivity contribution in [3.8, 4) is 0 Å². The fourth-order valence-corrected chi connectivity index (χ4v) is 4.48. The molecule has 0 aliphatic rings. The van der Waals surface area contributed by atoms with Crippen molar-refractivity contribution in [2.24, 2.45) is 0 Å². The highest BCUT2D eigenvalue weighted by atomic mass is 31.2. The maximum atomic E-state index is 13.0. The molecular formula is C19H26NO6P. The summed E-state index contributed by atoms with van der Waals surface area (Å²) in [6.07, 6.45) is -0.728. The van der Waals surface area contributed by atoms with E-state index in [9.17, 15) is 14.5 Å². The van der Waals surface area contributed by atoms with E-state index in [1.165, 1.54) is 0 Å². The molecule has 0 spiro atoms. The minimum Gasteiger partial charge on any atom is -0.450 e. The molecule has 7 nitrogen and oxygen atoms in total. The third-order valence-corrected chi connectivity index (χ3v) is 6.10. The Kier molecular flexibility index (Phi) is 7.80. The van der Waals surface area contributed by atoms with Crippen molar-refractivity contribution < 1.29 is 28.3 Å². The minimum absolute atomic E-state index is 0.0954. The van der Waals surface area contributed by atoms with Gasteiger partial charge < -0.3 is 24.2 Å². The molecule has 0 unspecified atom stereocenters. The van der Waals surface area contributed by atoms with Gasteiger partial charge in [-0.2, -0.15) is 0 Å². The summed E-state index contributed by atoms with van der Waals surface area (Å²) in [7, 11) is -3.88. The molecule has 2 rings (SSSR count). The van der Waals surface area contributed by atoms with Crippen molar-refractivity contribution >= 4 is 24.5 Å². The quantitative estimate of drug-likeness (QED) is 0.618. The number of rotatable bonds is 9. The third-order valence-electron chi connectivity index (χ3n) is 3.92. The number of alkyl carbamates (subject to hydrolysis) is 1. The van der Waals surface area contributed by atoms with E-state index in [1.54, 1.807) is 26.8 Å². The lowest BCUT2D eigenvalue weighted by Crippen LogP contribution is -2.37. The van der Waals surface area contributed by atoms with Crippen LogP contribution in [0, 0.1) is 0 Å². The number of hydrogen-bond acceptors (Lipinski definition) is 6. The zero-order valence-corrected chi connectivity index (χ0v) is 16.6. The summed E-state index contributed by atoms with van der Waals surface area (Å²) in [6, 6.07) is 12.1. The molecule has 2 aromatic rings. The Hall–Kier alpha value is -1.92. The molecule has 0 saturated carbocycles. The van der Waals surface area contributed by atoms with Gasteiger partial charge in [-0.1, -0.05) is 36.4 Å². The van der Waals surface area contributed by atoms with Crippen LogP contribution >= 0.6 is 7.60 Å². The van der Waals surface area contributed by atoms with Crippen molar-refractivity contribution in [2.75, 3.05) is 19.8 Å². The Morgan fingerprint density at radius 3 is 2.26 bits per heavy atom. The number of amides is 1. The zero-order chi connectivity index (χ0) is 19.9. The standard InChI is InChI=1S/C19H26NO6P/c1-4-24-19(22)20-17(18(21)27(23,25-5-2)26-6-3)16-12-11-14-9-7-8-10-15(14)13-16/h7-13,17-18,21H,4-6H2,1-3H3,(H,20,22)/t17-,18-/m1/s1. The lowest BCUT2D eigenvalue weighted by Gasteiger charge is -2.29. The van der Waals surface area contributed by atoms with Crippen molar-refractivity contribution in [1.29, 1.82) is 0 Å². The van der Waals surface area contributed by atoms with Gasteiger partial charge in [-0.25, -0.2) is 4.79 Å². The Morgan fingerprint density at radius 2 is 1.67 bits per heavy atom. The van der Waals surface area contributed by atoms with Crippen LogP contribution < -0.4 is 5.32 Å². The number of fused-ring (bicyclic) bond motifs is 1. The first-order valence-corrected chi connectivity index (χ1v) is 10.5. The summed E-state index contributed by atoms with van der Waals surface area (Å²) in [6.45, 7) is 5.34. The Balaban J connectivity index is 2.45. The molecule has 0 aliphatic heterocycles. The van der Waals surface area contributed by atoms with E-state index in [1.807, 2.05) is 36.4 Å². The molecule has 0 fully saturated rings. The van der Waals surface area contributed by atoms with E-state index in [0.29, 0.717) is 5.56 Å². The fraction of sp³-hybridized carbons (Fsp3) is 0.421.